The van der Waals surface area contributed by atoms with E-state index in [-0.39, 0.29) is 43.2 Å². The number of hydrogen-bond donors (Lipinski definition) is 5. The van der Waals surface area contributed by atoms with Crippen LogP contribution in [0.4, 0.5) is 0 Å². The predicted molar refractivity (Wildman–Crippen MR) is 144 cm³/mol. The Morgan fingerprint density at radius 3 is 2.54 bits per heavy atom. The second-order valence-electron chi connectivity index (χ2n) is 9.75. The largest absolute Gasteiger partial charge is 0.508 e. The van der Waals surface area contributed by atoms with Gasteiger partial charge in [0.15, 0.2) is 6.10 Å². The second-order valence-corrected chi connectivity index (χ2v) is 9.75. The lowest BCUT2D eigenvalue weighted by molar-refractivity contribution is -0.146. The number of benzene rings is 2. The fraction of sp³-hybridized carbons (Fsp3) is 0.310. The van der Waals surface area contributed by atoms with E-state index in [0.717, 1.165) is 11.1 Å². The number of aliphatic hydroxyl groups is 1. The van der Waals surface area contributed by atoms with Gasteiger partial charge in [0.1, 0.15) is 11.8 Å². The molecule has 2 heterocycles. The van der Waals surface area contributed by atoms with Crippen molar-refractivity contribution in [2.24, 2.45) is 5.73 Å². The number of nitrogens with one attached hydrogen (secondary N) is 2. The van der Waals surface area contributed by atoms with E-state index in [0.29, 0.717) is 5.56 Å². The molecule has 3 amide bonds. The molecule has 0 bridgehead atoms. The molecule has 1 aliphatic heterocycles. The normalized spacial score (nSPS) is 18.3. The Balaban J connectivity index is 1.52. The van der Waals surface area contributed by atoms with Gasteiger partial charge in [-0.05, 0) is 49.1 Å². The molecule has 0 spiro atoms. The molecule has 204 valence electrons. The molecule has 2 aromatic carbocycles. The summed E-state index contributed by atoms with van der Waals surface area (Å²) in [7, 11) is 0. The number of aromatic nitrogens is 1. The molecular formula is C29H33N5O5. The molecule has 1 fully saturated rings. The summed E-state index contributed by atoms with van der Waals surface area (Å²) in [6, 6.07) is 15.0. The number of aliphatic hydroxyl groups excluding tert-OH is 1. The van der Waals surface area contributed by atoms with E-state index in [1.54, 1.807) is 37.5 Å². The number of rotatable bonds is 9. The fourth-order valence-electron chi connectivity index (χ4n) is 4.74. The van der Waals surface area contributed by atoms with E-state index in [4.69, 9.17) is 5.73 Å². The number of nitrogens with two attached hydrogens (primary N) is 1. The van der Waals surface area contributed by atoms with Crippen LogP contribution in [0.1, 0.15) is 33.5 Å². The molecule has 6 N–H and O–H groups in total. The minimum Gasteiger partial charge on any atom is -0.508 e. The maximum atomic E-state index is 13.6. The first-order valence-electron chi connectivity index (χ1n) is 12.8. The Labute approximate surface area is 226 Å². The summed E-state index contributed by atoms with van der Waals surface area (Å²) in [6.45, 7) is 1.94. The number of hydrogen-bond acceptors (Lipinski definition) is 7. The van der Waals surface area contributed by atoms with Gasteiger partial charge >= 0.3 is 0 Å². The van der Waals surface area contributed by atoms with Crippen molar-refractivity contribution >= 4 is 17.7 Å². The van der Waals surface area contributed by atoms with Gasteiger partial charge < -0.3 is 31.5 Å². The fourth-order valence-corrected chi connectivity index (χ4v) is 4.74. The van der Waals surface area contributed by atoms with Crippen LogP contribution in [-0.2, 0) is 22.6 Å². The van der Waals surface area contributed by atoms with Crippen LogP contribution in [0.2, 0.25) is 0 Å². The van der Waals surface area contributed by atoms with Gasteiger partial charge in [0.25, 0.3) is 11.8 Å². The van der Waals surface area contributed by atoms with E-state index in [1.807, 2.05) is 36.4 Å². The number of amides is 3. The van der Waals surface area contributed by atoms with E-state index >= 15 is 0 Å². The van der Waals surface area contributed by atoms with Gasteiger partial charge in [-0.25, -0.2) is 0 Å². The molecule has 1 saturated heterocycles. The Kier molecular flexibility index (Phi) is 8.90. The van der Waals surface area contributed by atoms with Crippen molar-refractivity contribution in [3.8, 4) is 5.75 Å². The van der Waals surface area contributed by atoms with Crippen LogP contribution in [0.15, 0.2) is 73.1 Å². The molecule has 0 aliphatic carbocycles. The zero-order valence-electron chi connectivity index (χ0n) is 21.7. The number of phenols is 1. The molecule has 0 unspecified atom stereocenters. The average molecular weight is 532 g/mol. The maximum Gasteiger partial charge on any atom is 0.254 e. The quantitative estimate of drug-likeness (QED) is 0.276. The Morgan fingerprint density at radius 1 is 1.08 bits per heavy atom. The third-order valence-electron chi connectivity index (χ3n) is 6.91. The van der Waals surface area contributed by atoms with Crippen molar-refractivity contribution in [2.45, 2.75) is 50.5 Å². The minimum absolute atomic E-state index is 0.0370. The number of nitrogens with zero attached hydrogens (tertiary/aromatic N) is 2. The number of phenolic OH excluding ortho intramolecular Hbond substituents is 1. The molecule has 0 saturated carbocycles. The summed E-state index contributed by atoms with van der Waals surface area (Å²) >= 11 is 0. The Bertz CT molecular complexity index is 1300. The molecule has 1 aromatic heterocycles. The van der Waals surface area contributed by atoms with Crippen LogP contribution in [0, 0.1) is 6.92 Å². The zero-order chi connectivity index (χ0) is 27.9. The summed E-state index contributed by atoms with van der Waals surface area (Å²) in [5.74, 6) is -1.66. The maximum absolute atomic E-state index is 13.6. The van der Waals surface area contributed by atoms with Crippen molar-refractivity contribution in [1.82, 2.24) is 20.5 Å². The zero-order valence-corrected chi connectivity index (χ0v) is 21.7. The number of pyridine rings is 1. The smallest absolute Gasteiger partial charge is 0.254 e. The highest BCUT2D eigenvalue weighted by Crippen LogP contribution is 2.22. The first-order chi connectivity index (χ1) is 18.7. The molecule has 1 aliphatic rings. The predicted octanol–water partition coefficient (Wildman–Crippen LogP) is 1.04. The van der Waals surface area contributed by atoms with Crippen LogP contribution < -0.4 is 16.4 Å². The van der Waals surface area contributed by atoms with Gasteiger partial charge in [0.2, 0.25) is 5.91 Å². The van der Waals surface area contributed by atoms with Crippen LogP contribution >= 0.6 is 0 Å². The Hall–Kier alpha value is -4.28. The summed E-state index contributed by atoms with van der Waals surface area (Å²) in [4.78, 5) is 45.1. The van der Waals surface area contributed by atoms with Crippen LogP contribution in [0.25, 0.3) is 0 Å². The molecule has 4 atom stereocenters. The van der Waals surface area contributed by atoms with Crippen LogP contribution in [0.5, 0.6) is 5.75 Å². The van der Waals surface area contributed by atoms with Crippen molar-refractivity contribution in [3.05, 3.63) is 95.3 Å². The standard InChI is InChI=1S/C29H33N5O5/c1-18-22(10-5-11-25(18)35)27(37)33-23(13-19-7-3-2-4-8-19)26(36)29(39)34-17-21(30)14-24(34)28(38)32-16-20-9-6-12-31-15-20/h2-12,15,21,23-24,26,35-36H,13-14,16-17,30H2,1H3,(H,32,38)(H,33,37)/t21-,23+,24+,26+/m1/s1. The van der Waals surface area contributed by atoms with Gasteiger partial charge in [-0.3, -0.25) is 19.4 Å². The number of likely N-dealkylation sites (tertiary alicyclic amines) is 1. The minimum atomic E-state index is -1.65. The van der Waals surface area contributed by atoms with Gasteiger partial charge in [-0.2, -0.15) is 0 Å². The van der Waals surface area contributed by atoms with Crippen molar-refractivity contribution in [1.29, 1.82) is 0 Å². The molecule has 10 heteroatoms. The molecule has 39 heavy (non-hydrogen) atoms. The average Bonchev–Trinajstić information content (AvgIpc) is 3.34. The topological polar surface area (TPSA) is 158 Å². The third-order valence-corrected chi connectivity index (χ3v) is 6.91. The lowest BCUT2D eigenvalue weighted by atomic mass is 9.98. The van der Waals surface area contributed by atoms with Crippen molar-refractivity contribution in [3.63, 3.8) is 0 Å². The lowest BCUT2D eigenvalue weighted by Crippen LogP contribution is -2.55. The number of carbonyl (C=O) groups excluding carboxylic acids is 3. The molecule has 10 nitrogen and oxygen atoms in total. The third kappa shape index (κ3) is 6.78. The van der Waals surface area contributed by atoms with Crippen LogP contribution in [0.3, 0.4) is 0 Å². The highest BCUT2D eigenvalue weighted by atomic mass is 16.3. The summed E-state index contributed by atoms with van der Waals surface area (Å²) in [6.07, 6.45) is 2.03. The van der Waals surface area contributed by atoms with Gasteiger partial charge in [-0.15, -0.1) is 0 Å². The summed E-state index contributed by atoms with van der Waals surface area (Å²) in [5.41, 5.74) is 8.33. The van der Waals surface area contributed by atoms with E-state index < -0.39 is 36.0 Å². The summed E-state index contributed by atoms with van der Waals surface area (Å²) < 4.78 is 0. The Morgan fingerprint density at radius 2 is 1.82 bits per heavy atom. The van der Waals surface area contributed by atoms with E-state index in [2.05, 4.69) is 15.6 Å². The highest BCUT2D eigenvalue weighted by Gasteiger charge is 2.42. The van der Waals surface area contributed by atoms with Gasteiger partial charge in [0.05, 0.1) is 6.04 Å². The lowest BCUT2D eigenvalue weighted by Gasteiger charge is -2.30. The molecule has 0 radical (unpaired) electrons. The van der Waals surface area contributed by atoms with Crippen molar-refractivity contribution < 1.29 is 24.6 Å². The van der Waals surface area contributed by atoms with E-state index in [9.17, 15) is 24.6 Å². The van der Waals surface area contributed by atoms with Crippen molar-refractivity contribution in [2.75, 3.05) is 6.54 Å². The monoisotopic (exact) mass is 531 g/mol. The van der Waals surface area contributed by atoms with E-state index in [1.165, 1.54) is 11.0 Å². The number of aromatic hydroxyl groups is 1. The van der Waals surface area contributed by atoms with Gasteiger partial charge in [0, 0.05) is 42.7 Å². The molecule has 3 aromatic rings. The molecule has 4 rings (SSSR count). The first-order valence-corrected chi connectivity index (χ1v) is 12.8. The molecular weight excluding hydrogens is 498 g/mol. The SMILES string of the molecule is Cc1c(O)cccc1C(=O)N[C@@H](Cc1ccccc1)[C@H](O)C(=O)N1C[C@H](N)C[C@H]1C(=O)NCc1cccnc1. The van der Waals surface area contributed by atoms with Gasteiger partial charge in [-0.1, -0.05) is 42.5 Å². The first kappa shape index (κ1) is 27.7. The highest BCUT2D eigenvalue weighted by molar-refractivity contribution is 5.97. The number of carbonyl (C=O) groups is 3. The van der Waals surface area contributed by atoms with Crippen LogP contribution in [-0.4, -0.2) is 68.6 Å². The second kappa shape index (κ2) is 12.5. The summed E-state index contributed by atoms with van der Waals surface area (Å²) in [5, 5.41) is 26.9.